The maximum atomic E-state index is 4.29. The van der Waals surface area contributed by atoms with E-state index in [9.17, 15) is 0 Å². The van der Waals surface area contributed by atoms with Crippen molar-refractivity contribution >= 4 is 0 Å². The average molecular weight is 180 g/mol. The maximum Gasteiger partial charge on any atom is 0.0518 e. The third kappa shape index (κ3) is 2.87. The van der Waals surface area contributed by atoms with Gasteiger partial charge in [0.15, 0.2) is 0 Å². The van der Waals surface area contributed by atoms with Crippen LogP contribution in [0.4, 0.5) is 0 Å². The summed E-state index contributed by atoms with van der Waals surface area (Å²) >= 11 is 0. The average Bonchev–Trinajstić information content (AvgIpc) is 2.49. The van der Waals surface area contributed by atoms with Crippen LogP contribution in [0.5, 0.6) is 0 Å². The van der Waals surface area contributed by atoms with Crippen LogP contribution in [0.25, 0.3) is 0 Å². The zero-order chi connectivity index (χ0) is 9.84. The lowest BCUT2D eigenvalue weighted by molar-refractivity contribution is 0.320. The molecule has 0 saturated carbocycles. The second-order valence-corrected chi connectivity index (χ2v) is 4.10. The molecule has 1 aromatic heterocycles. The Morgan fingerprint density at radius 2 is 2.08 bits per heavy atom. The van der Waals surface area contributed by atoms with Crippen LogP contribution in [0.2, 0.25) is 0 Å². The van der Waals surface area contributed by atoms with E-state index in [1.165, 1.54) is 12.0 Å². The van der Waals surface area contributed by atoms with Gasteiger partial charge in [-0.25, -0.2) is 0 Å². The second-order valence-electron chi connectivity index (χ2n) is 4.10. The Bertz CT molecular complexity index is 252. The Labute approximate surface area is 81.0 Å². The van der Waals surface area contributed by atoms with E-state index in [-0.39, 0.29) is 0 Å². The molecule has 0 saturated heterocycles. The van der Waals surface area contributed by atoms with Crippen molar-refractivity contribution in [3.05, 3.63) is 18.0 Å². The third-order valence-corrected chi connectivity index (χ3v) is 2.85. The lowest BCUT2D eigenvalue weighted by Gasteiger charge is -2.17. The quantitative estimate of drug-likeness (QED) is 0.696. The van der Waals surface area contributed by atoms with Crippen molar-refractivity contribution in [2.24, 2.45) is 11.8 Å². The minimum atomic E-state index is 0.712. The number of rotatable bonds is 4. The molecule has 0 aromatic carbocycles. The molecule has 0 radical (unpaired) electrons. The molecule has 74 valence electrons. The molecular weight excluding hydrogens is 160 g/mol. The number of nitrogens with zero attached hydrogens (tertiary/aromatic N) is 2. The highest BCUT2D eigenvalue weighted by Crippen LogP contribution is 2.16. The summed E-state index contributed by atoms with van der Waals surface area (Å²) in [6, 6.07) is 0. The molecule has 1 rings (SSSR count). The lowest BCUT2D eigenvalue weighted by atomic mass is 9.94. The molecule has 0 amide bonds. The first-order valence-electron chi connectivity index (χ1n) is 5.12. The standard InChI is InChI=1S/C11H20N2/c1-5-10(3)11(4)8-13-7-9(2)6-12-13/h6-7,10-11H,5,8H2,1-4H3/t10?,11-/m0/s1. The molecule has 0 aliphatic carbocycles. The van der Waals surface area contributed by atoms with E-state index in [0.29, 0.717) is 5.92 Å². The van der Waals surface area contributed by atoms with E-state index in [1.54, 1.807) is 0 Å². The van der Waals surface area contributed by atoms with Gasteiger partial charge in [0.1, 0.15) is 0 Å². The first kappa shape index (κ1) is 10.3. The summed E-state index contributed by atoms with van der Waals surface area (Å²) < 4.78 is 2.05. The summed E-state index contributed by atoms with van der Waals surface area (Å²) in [5.41, 5.74) is 1.25. The van der Waals surface area contributed by atoms with E-state index >= 15 is 0 Å². The minimum Gasteiger partial charge on any atom is -0.272 e. The van der Waals surface area contributed by atoms with Gasteiger partial charge in [-0.3, -0.25) is 4.68 Å². The smallest absolute Gasteiger partial charge is 0.0518 e. The summed E-state index contributed by atoms with van der Waals surface area (Å²) in [5, 5.41) is 4.29. The van der Waals surface area contributed by atoms with Crippen LogP contribution in [0, 0.1) is 18.8 Å². The Kier molecular flexibility index (Phi) is 3.52. The molecule has 0 fully saturated rings. The van der Waals surface area contributed by atoms with Gasteiger partial charge < -0.3 is 0 Å². The van der Waals surface area contributed by atoms with Gasteiger partial charge in [-0.1, -0.05) is 27.2 Å². The maximum absolute atomic E-state index is 4.29. The Morgan fingerprint density at radius 1 is 1.38 bits per heavy atom. The van der Waals surface area contributed by atoms with Crippen molar-refractivity contribution < 1.29 is 0 Å². The number of aromatic nitrogens is 2. The van der Waals surface area contributed by atoms with Crippen LogP contribution < -0.4 is 0 Å². The van der Waals surface area contributed by atoms with Crippen molar-refractivity contribution in [1.29, 1.82) is 0 Å². The molecule has 13 heavy (non-hydrogen) atoms. The Morgan fingerprint density at radius 3 is 2.54 bits per heavy atom. The van der Waals surface area contributed by atoms with Crippen molar-refractivity contribution in [2.45, 2.75) is 40.7 Å². The van der Waals surface area contributed by atoms with Gasteiger partial charge in [0.25, 0.3) is 0 Å². The van der Waals surface area contributed by atoms with E-state index in [1.807, 2.05) is 10.9 Å². The summed E-state index contributed by atoms with van der Waals surface area (Å²) in [6.45, 7) is 9.97. The minimum absolute atomic E-state index is 0.712. The van der Waals surface area contributed by atoms with Gasteiger partial charge in [0.05, 0.1) is 6.20 Å². The van der Waals surface area contributed by atoms with E-state index in [4.69, 9.17) is 0 Å². The van der Waals surface area contributed by atoms with Crippen molar-refractivity contribution in [2.75, 3.05) is 0 Å². The molecule has 2 atom stereocenters. The molecule has 0 aliphatic rings. The zero-order valence-electron chi connectivity index (χ0n) is 9.12. The summed E-state index contributed by atoms with van der Waals surface area (Å²) in [5.74, 6) is 1.49. The first-order valence-corrected chi connectivity index (χ1v) is 5.12. The molecular formula is C11H20N2. The number of hydrogen-bond acceptors (Lipinski definition) is 1. The molecule has 2 heteroatoms. The normalized spacial score (nSPS) is 15.7. The van der Waals surface area contributed by atoms with Gasteiger partial charge in [-0.05, 0) is 24.3 Å². The van der Waals surface area contributed by atoms with Gasteiger partial charge in [-0.2, -0.15) is 5.10 Å². The van der Waals surface area contributed by atoms with Gasteiger partial charge in [0.2, 0.25) is 0 Å². The summed E-state index contributed by atoms with van der Waals surface area (Å²) in [4.78, 5) is 0. The molecule has 1 heterocycles. The highest BCUT2D eigenvalue weighted by atomic mass is 15.3. The van der Waals surface area contributed by atoms with E-state index < -0.39 is 0 Å². The van der Waals surface area contributed by atoms with Crippen LogP contribution in [0.1, 0.15) is 32.8 Å². The third-order valence-electron chi connectivity index (χ3n) is 2.85. The van der Waals surface area contributed by atoms with Gasteiger partial charge >= 0.3 is 0 Å². The highest BCUT2D eigenvalue weighted by molar-refractivity contribution is 4.99. The lowest BCUT2D eigenvalue weighted by Crippen LogP contribution is -2.14. The monoisotopic (exact) mass is 180 g/mol. The predicted octanol–water partition coefficient (Wildman–Crippen LogP) is 2.87. The van der Waals surface area contributed by atoms with Crippen molar-refractivity contribution in [3.63, 3.8) is 0 Å². The molecule has 0 N–H and O–H groups in total. The Balaban J connectivity index is 2.49. The molecule has 0 bridgehead atoms. The van der Waals surface area contributed by atoms with E-state index in [2.05, 4.69) is 39.0 Å². The number of hydrogen-bond donors (Lipinski definition) is 0. The van der Waals surface area contributed by atoms with Crippen LogP contribution in [0.15, 0.2) is 12.4 Å². The molecule has 2 nitrogen and oxygen atoms in total. The molecule has 1 unspecified atom stereocenters. The van der Waals surface area contributed by atoms with Crippen molar-refractivity contribution in [3.8, 4) is 0 Å². The number of aryl methyl sites for hydroxylation is 1. The largest absolute Gasteiger partial charge is 0.272 e. The highest BCUT2D eigenvalue weighted by Gasteiger charge is 2.10. The van der Waals surface area contributed by atoms with Crippen LogP contribution in [0.3, 0.4) is 0 Å². The fraction of sp³-hybridized carbons (Fsp3) is 0.727. The zero-order valence-corrected chi connectivity index (χ0v) is 9.12. The predicted molar refractivity (Wildman–Crippen MR) is 55.6 cm³/mol. The van der Waals surface area contributed by atoms with E-state index in [0.717, 1.165) is 12.5 Å². The fourth-order valence-electron chi connectivity index (χ4n) is 1.44. The van der Waals surface area contributed by atoms with Gasteiger partial charge in [0, 0.05) is 12.7 Å². The van der Waals surface area contributed by atoms with Gasteiger partial charge in [-0.15, -0.1) is 0 Å². The summed E-state index contributed by atoms with van der Waals surface area (Å²) in [6.07, 6.45) is 5.28. The van der Waals surface area contributed by atoms with Crippen LogP contribution in [-0.4, -0.2) is 9.78 Å². The van der Waals surface area contributed by atoms with Crippen LogP contribution >= 0.6 is 0 Å². The fourth-order valence-corrected chi connectivity index (χ4v) is 1.44. The summed E-state index contributed by atoms with van der Waals surface area (Å²) in [7, 11) is 0. The van der Waals surface area contributed by atoms with Crippen molar-refractivity contribution in [1.82, 2.24) is 9.78 Å². The topological polar surface area (TPSA) is 17.8 Å². The molecule has 0 aliphatic heterocycles. The molecule has 0 spiro atoms. The first-order chi connectivity index (χ1) is 6.13. The Hall–Kier alpha value is -0.790. The SMILES string of the molecule is CCC(C)[C@@H](C)Cn1cc(C)cn1. The van der Waals surface area contributed by atoms with Crippen LogP contribution in [-0.2, 0) is 6.54 Å². The second kappa shape index (κ2) is 4.45. The molecule has 1 aromatic rings.